The van der Waals surface area contributed by atoms with Crippen LogP contribution in [0.3, 0.4) is 0 Å². The van der Waals surface area contributed by atoms with Crippen molar-refractivity contribution in [1.29, 1.82) is 0 Å². The molecule has 1 aromatic carbocycles. The first-order valence-corrected chi connectivity index (χ1v) is 8.95. The van der Waals surface area contributed by atoms with Crippen molar-refractivity contribution >= 4 is 40.0 Å². The molecule has 0 bridgehead atoms. The highest BCUT2D eigenvalue weighted by molar-refractivity contribution is 8.03. The van der Waals surface area contributed by atoms with E-state index in [1.165, 1.54) is 10.9 Å². The van der Waals surface area contributed by atoms with Gasteiger partial charge in [-0.25, -0.2) is 0 Å². The van der Waals surface area contributed by atoms with Crippen LogP contribution in [0.4, 0.5) is 5.69 Å². The summed E-state index contributed by atoms with van der Waals surface area (Å²) in [7, 11) is 4.20. The molecular weight excluding hydrogens is 328 g/mol. The topological polar surface area (TPSA) is 14.7 Å². The smallest absolute Gasteiger partial charge is 0.163 e. The molecule has 2 aliphatic heterocycles. The Hall–Kier alpha value is -1.56. The second kappa shape index (κ2) is 5.82. The van der Waals surface area contributed by atoms with Crippen molar-refractivity contribution < 1.29 is 0 Å². The maximum atomic E-state index is 6.47. The predicted molar refractivity (Wildman–Crippen MR) is 99.3 cm³/mol. The summed E-state index contributed by atoms with van der Waals surface area (Å²) in [5, 5.41) is 4.13. The van der Waals surface area contributed by atoms with E-state index >= 15 is 0 Å². The number of aromatic nitrogens is 1. The van der Waals surface area contributed by atoms with Gasteiger partial charge in [0.25, 0.3) is 0 Å². The number of likely N-dealkylation sites (N-methyl/N-ethyl adjacent to an activating group) is 1. The van der Waals surface area contributed by atoms with Gasteiger partial charge in [0, 0.05) is 37.4 Å². The molecule has 0 amide bonds. The zero-order chi connectivity index (χ0) is 16.0. The first-order valence-electron chi connectivity index (χ1n) is 7.63. The third-order valence-corrected chi connectivity index (χ3v) is 5.47. The molecule has 0 radical (unpaired) electrons. The molecule has 2 aromatic rings. The van der Waals surface area contributed by atoms with Crippen LogP contribution in [-0.2, 0) is 6.54 Å². The minimum atomic E-state index is 0.199. The zero-order valence-electron chi connectivity index (χ0n) is 13.2. The molecule has 4 rings (SSSR count). The molecular formula is C17H19ClN4S. The van der Waals surface area contributed by atoms with Crippen molar-refractivity contribution in [3.8, 4) is 0 Å². The van der Waals surface area contributed by atoms with Crippen LogP contribution < -0.4 is 4.90 Å². The number of hydrogen-bond acceptors (Lipinski definition) is 4. The SMILES string of the molecule is CN(C)CCn1ccc2ccc(N3C(Cl)=CN4C=CSC43)cc21. The number of rotatable bonds is 4. The van der Waals surface area contributed by atoms with Crippen LogP contribution in [0, 0.1) is 0 Å². The number of benzene rings is 1. The van der Waals surface area contributed by atoms with E-state index in [9.17, 15) is 0 Å². The van der Waals surface area contributed by atoms with Gasteiger partial charge in [-0.05, 0) is 43.1 Å². The lowest BCUT2D eigenvalue weighted by Gasteiger charge is -2.27. The summed E-state index contributed by atoms with van der Waals surface area (Å²) in [4.78, 5) is 6.52. The molecule has 0 fully saturated rings. The minimum absolute atomic E-state index is 0.199. The minimum Gasteiger partial charge on any atom is -0.346 e. The normalized spacial score (nSPS) is 20.0. The Morgan fingerprint density at radius 2 is 2.13 bits per heavy atom. The van der Waals surface area contributed by atoms with Crippen molar-refractivity contribution in [1.82, 2.24) is 14.4 Å². The van der Waals surface area contributed by atoms with Gasteiger partial charge < -0.3 is 14.4 Å². The Labute approximate surface area is 145 Å². The number of anilines is 1. The van der Waals surface area contributed by atoms with Crippen molar-refractivity contribution in [3.05, 3.63) is 53.4 Å². The standard InChI is InChI=1S/C17H19ClN4S/c1-19(2)7-8-20-6-5-13-3-4-14(11-15(13)20)22-16(18)12-21-9-10-23-17(21)22/h3-6,9-12,17H,7-8H2,1-2H3. The second-order valence-corrected chi connectivity index (χ2v) is 7.43. The average Bonchev–Trinajstić information content (AvgIpc) is 3.18. The second-order valence-electron chi connectivity index (χ2n) is 6.07. The van der Waals surface area contributed by atoms with Gasteiger partial charge in [0.1, 0.15) is 5.16 Å². The van der Waals surface area contributed by atoms with Crippen LogP contribution in [0.2, 0.25) is 0 Å². The molecule has 0 spiro atoms. The lowest BCUT2D eigenvalue weighted by molar-refractivity contribution is 0.387. The largest absolute Gasteiger partial charge is 0.346 e. The van der Waals surface area contributed by atoms with Crippen molar-refractivity contribution in [3.63, 3.8) is 0 Å². The van der Waals surface area contributed by atoms with Gasteiger partial charge in [-0.1, -0.05) is 29.4 Å². The van der Waals surface area contributed by atoms with Crippen LogP contribution in [-0.4, -0.2) is 40.5 Å². The molecule has 0 aliphatic carbocycles. The lowest BCUT2D eigenvalue weighted by atomic mass is 10.2. The van der Waals surface area contributed by atoms with Crippen LogP contribution in [0.15, 0.2) is 53.4 Å². The van der Waals surface area contributed by atoms with Crippen LogP contribution >= 0.6 is 23.4 Å². The molecule has 23 heavy (non-hydrogen) atoms. The molecule has 1 unspecified atom stereocenters. The van der Waals surface area contributed by atoms with Crippen LogP contribution in [0.1, 0.15) is 0 Å². The van der Waals surface area contributed by atoms with E-state index in [0.29, 0.717) is 0 Å². The summed E-state index contributed by atoms with van der Waals surface area (Å²) in [6.45, 7) is 2.00. The Kier molecular flexibility index (Phi) is 3.79. The summed E-state index contributed by atoms with van der Waals surface area (Å²) in [6.07, 6.45) is 6.21. The van der Waals surface area contributed by atoms with Gasteiger partial charge in [0.05, 0.1) is 5.52 Å². The van der Waals surface area contributed by atoms with Gasteiger partial charge in [-0.15, -0.1) is 0 Å². The van der Waals surface area contributed by atoms with Crippen LogP contribution in [0.25, 0.3) is 10.9 Å². The molecule has 6 heteroatoms. The van der Waals surface area contributed by atoms with Gasteiger partial charge in [-0.3, -0.25) is 4.90 Å². The lowest BCUT2D eigenvalue weighted by Crippen LogP contribution is -2.31. The summed E-state index contributed by atoms with van der Waals surface area (Å²) in [5.41, 5.74) is 2.58. The third kappa shape index (κ3) is 2.63. The van der Waals surface area contributed by atoms with Crippen molar-refractivity contribution in [2.24, 2.45) is 0 Å². The van der Waals surface area contributed by atoms with E-state index in [1.54, 1.807) is 11.8 Å². The maximum Gasteiger partial charge on any atom is 0.163 e. The van der Waals surface area contributed by atoms with E-state index in [-0.39, 0.29) is 5.50 Å². The molecule has 3 heterocycles. The highest BCUT2D eigenvalue weighted by atomic mass is 35.5. The Morgan fingerprint density at radius 1 is 1.26 bits per heavy atom. The summed E-state index contributed by atoms with van der Waals surface area (Å²) >= 11 is 8.23. The van der Waals surface area contributed by atoms with Gasteiger partial charge >= 0.3 is 0 Å². The molecule has 1 aromatic heterocycles. The number of nitrogens with zero attached hydrogens (tertiary/aromatic N) is 4. The van der Waals surface area contributed by atoms with E-state index in [4.69, 9.17) is 11.6 Å². The first kappa shape index (κ1) is 15.0. The number of halogens is 1. The van der Waals surface area contributed by atoms with E-state index in [1.807, 2.05) is 6.20 Å². The van der Waals surface area contributed by atoms with Crippen LogP contribution in [0.5, 0.6) is 0 Å². The van der Waals surface area contributed by atoms with Gasteiger partial charge in [0.15, 0.2) is 5.50 Å². The Balaban J connectivity index is 1.68. The number of thioether (sulfide) groups is 1. The molecule has 0 saturated heterocycles. The highest BCUT2D eigenvalue weighted by Gasteiger charge is 2.34. The summed E-state index contributed by atoms with van der Waals surface area (Å²) in [5.74, 6) is 0. The average molecular weight is 347 g/mol. The molecule has 120 valence electrons. The third-order valence-electron chi connectivity index (χ3n) is 4.22. The molecule has 0 N–H and O–H groups in total. The monoisotopic (exact) mass is 346 g/mol. The predicted octanol–water partition coefficient (Wildman–Crippen LogP) is 3.86. The van der Waals surface area contributed by atoms with Gasteiger partial charge in [-0.2, -0.15) is 0 Å². The number of hydrogen-bond donors (Lipinski definition) is 0. The maximum absolute atomic E-state index is 6.47. The first-order chi connectivity index (χ1) is 11.1. The quantitative estimate of drug-likeness (QED) is 0.780. The van der Waals surface area contributed by atoms with E-state index < -0.39 is 0 Å². The van der Waals surface area contributed by atoms with Crippen molar-refractivity contribution in [2.75, 3.05) is 25.5 Å². The Bertz CT molecular complexity index is 795. The fraction of sp³-hybridized carbons (Fsp3) is 0.294. The Morgan fingerprint density at radius 3 is 2.96 bits per heavy atom. The zero-order valence-corrected chi connectivity index (χ0v) is 14.8. The summed E-state index contributed by atoms with van der Waals surface area (Å²) in [6, 6.07) is 8.74. The number of fused-ring (bicyclic) bond motifs is 2. The summed E-state index contributed by atoms with van der Waals surface area (Å²) < 4.78 is 2.31. The highest BCUT2D eigenvalue weighted by Crippen LogP contribution is 2.41. The van der Waals surface area contributed by atoms with E-state index in [2.05, 4.69) is 75.4 Å². The molecule has 4 nitrogen and oxygen atoms in total. The molecule has 1 atom stereocenters. The molecule has 0 saturated carbocycles. The van der Waals surface area contributed by atoms with Gasteiger partial charge in [0.2, 0.25) is 0 Å². The van der Waals surface area contributed by atoms with Crippen molar-refractivity contribution in [2.45, 2.75) is 12.0 Å². The molecule has 2 aliphatic rings. The fourth-order valence-corrected chi connectivity index (χ4v) is 4.33. The fourth-order valence-electron chi connectivity index (χ4n) is 2.99. The van der Waals surface area contributed by atoms with E-state index in [0.717, 1.165) is 23.9 Å².